The maximum absolute atomic E-state index is 9.31. The van der Waals surface area contributed by atoms with E-state index in [4.69, 9.17) is 0 Å². The summed E-state index contributed by atoms with van der Waals surface area (Å²) in [6.45, 7) is 9.09. The van der Waals surface area contributed by atoms with Gasteiger partial charge < -0.3 is 9.80 Å². The fraction of sp³-hybridized carbons (Fsp3) is 0.571. The van der Waals surface area contributed by atoms with Crippen LogP contribution in [-0.2, 0) is 0 Å². The molecule has 4 heteroatoms. The number of nitriles is 1. The molecular weight excluding hydrogens is 224 g/mol. The third-order valence-corrected chi connectivity index (χ3v) is 3.72. The molecule has 1 aliphatic heterocycles. The number of piperazine rings is 1. The summed E-state index contributed by atoms with van der Waals surface area (Å²) in [4.78, 5) is 9.04. The summed E-state index contributed by atoms with van der Waals surface area (Å²) in [6, 6.07) is 4.84. The van der Waals surface area contributed by atoms with Gasteiger partial charge in [0.1, 0.15) is 6.07 Å². The first kappa shape index (κ1) is 12.8. The number of aryl methyl sites for hydroxylation is 2. The molecular formula is C14H20N4. The van der Waals surface area contributed by atoms with Crippen LogP contribution in [0.5, 0.6) is 0 Å². The monoisotopic (exact) mass is 244 g/mol. The van der Waals surface area contributed by atoms with E-state index < -0.39 is 0 Å². The minimum atomic E-state index is 0.513. The van der Waals surface area contributed by atoms with Gasteiger partial charge in [0.05, 0.1) is 16.9 Å². The Labute approximate surface area is 109 Å². The van der Waals surface area contributed by atoms with E-state index in [0.717, 1.165) is 42.3 Å². The minimum absolute atomic E-state index is 0.513. The summed E-state index contributed by atoms with van der Waals surface area (Å²) in [7, 11) is 2.15. The highest BCUT2D eigenvalue weighted by Crippen LogP contribution is 2.25. The lowest BCUT2D eigenvalue weighted by Gasteiger charge is -2.39. The van der Waals surface area contributed by atoms with Crippen molar-refractivity contribution in [3.05, 3.63) is 23.0 Å². The van der Waals surface area contributed by atoms with Crippen molar-refractivity contribution in [1.29, 1.82) is 5.26 Å². The first-order chi connectivity index (χ1) is 8.52. The van der Waals surface area contributed by atoms with Crippen LogP contribution in [0.1, 0.15) is 23.9 Å². The van der Waals surface area contributed by atoms with Crippen molar-refractivity contribution in [3.63, 3.8) is 0 Å². The molecule has 1 aromatic rings. The van der Waals surface area contributed by atoms with Gasteiger partial charge in [-0.15, -0.1) is 0 Å². The number of rotatable bonds is 1. The Morgan fingerprint density at radius 2 is 2.11 bits per heavy atom. The zero-order chi connectivity index (χ0) is 13.3. The molecule has 2 heterocycles. The summed E-state index contributed by atoms with van der Waals surface area (Å²) in [5.74, 6) is 0. The molecule has 1 saturated heterocycles. The van der Waals surface area contributed by atoms with Gasteiger partial charge in [0, 0.05) is 31.4 Å². The molecule has 0 spiro atoms. The zero-order valence-electron chi connectivity index (χ0n) is 11.6. The number of aromatic nitrogens is 1. The van der Waals surface area contributed by atoms with Gasteiger partial charge in [-0.3, -0.25) is 4.98 Å². The Kier molecular flexibility index (Phi) is 3.53. The molecule has 18 heavy (non-hydrogen) atoms. The quantitative estimate of drug-likeness (QED) is 0.754. The maximum atomic E-state index is 9.31. The Bertz CT molecular complexity index is 489. The third kappa shape index (κ3) is 2.32. The molecule has 0 bridgehead atoms. The van der Waals surface area contributed by atoms with E-state index >= 15 is 0 Å². The Hall–Kier alpha value is -1.60. The average Bonchev–Trinajstić information content (AvgIpc) is 2.32. The van der Waals surface area contributed by atoms with E-state index in [-0.39, 0.29) is 0 Å². The van der Waals surface area contributed by atoms with Gasteiger partial charge >= 0.3 is 0 Å². The molecule has 1 aliphatic rings. The molecule has 0 saturated carbocycles. The first-order valence-electron chi connectivity index (χ1n) is 6.36. The van der Waals surface area contributed by atoms with Crippen molar-refractivity contribution < 1.29 is 0 Å². The van der Waals surface area contributed by atoms with E-state index in [9.17, 15) is 5.26 Å². The summed E-state index contributed by atoms with van der Waals surface area (Å²) in [6.07, 6.45) is 0. The zero-order valence-corrected chi connectivity index (χ0v) is 11.6. The smallest absolute Gasteiger partial charge is 0.103 e. The molecule has 4 nitrogen and oxygen atoms in total. The van der Waals surface area contributed by atoms with Crippen LogP contribution >= 0.6 is 0 Å². The molecule has 96 valence electrons. The van der Waals surface area contributed by atoms with Crippen LogP contribution in [0.15, 0.2) is 6.07 Å². The number of nitrogens with zero attached hydrogens (tertiary/aromatic N) is 4. The summed E-state index contributed by atoms with van der Waals surface area (Å²) in [5, 5.41) is 9.31. The van der Waals surface area contributed by atoms with Gasteiger partial charge in [-0.25, -0.2) is 0 Å². The van der Waals surface area contributed by atoms with Crippen LogP contribution in [0.25, 0.3) is 0 Å². The second kappa shape index (κ2) is 4.95. The van der Waals surface area contributed by atoms with Crippen LogP contribution in [-0.4, -0.2) is 42.6 Å². The van der Waals surface area contributed by atoms with Crippen LogP contribution < -0.4 is 4.90 Å². The van der Waals surface area contributed by atoms with E-state index in [0.29, 0.717) is 6.04 Å². The largest absolute Gasteiger partial charge is 0.368 e. The fourth-order valence-corrected chi connectivity index (χ4v) is 2.46. The summed E-state index contributed by atoms with van der Waals surface area (Å²) >= 11 is 0. The molecule has 1 atom stereocenters. The van der Waals surface area contributed by atoms with Crippen molar-refractivity contribution in [2.45, 2.75) is 26.8 Å². The molecule has 1 aromatic heterocycles. The summed E-state index contributed by atoms with van der Waals surface area (Å²) in [5.41, 5.74) is 3.58. The van der Waals surface area contributed by atoms with Crippen molar-refractivity contribution in [1.82, 2.24) is 9.88 Å². The lowest BCUT2D eigenvalue weighted by molar-refractivity contribution is 0.234. The van der Waals surface area contributed by atoms with Crippen LogP contribution in [0, 0.1) is 25.2 Å². The molecule has 0 aromatic carbocycles. The van der Waals surface area contributed by atoms with Crippen LogP contribution in [0.2, 0.25) is 0 Å². The minimum Gasteiger partial charge on any atom is -0.368 e. The summed E-state index contributed by atoms with van der Waals surface area (Å²) < 4.78 is 0. The van der Waals surface area contributed by atoms with E-state index in [1.165, 1.54) is 0 Å². The highest BCUT2D eigenvalue weighted by atomic mass is 15.3. The molecule has 0 amide bonds. The Morgan fingerprint density at radius 1 is 1.39 bits per heavy atom. The van der Waals surface area contributed by atoms with Gasteiger partial charge in [-0.1, -0.05) is 0 Å². The fourth-order valence-electron chi connectivity index (χ4n) is 2.46. The number of anilines is 1. The van der Waals surface area contributed by atoms with Crippen LogP contribution in [0.4, 0.5) is 5.69 Å². The standard InChI is InChI=1S/C14H20N4/c1-10-7-14(13(8-15)12(3)16-10)18-6-5-17(4)11(2)9-18/h7,11H,5-6,9H2,1-4H3. The van der Waals surface area contributed by atoms with Crippen molar-refractivity contribution >= 4 is 5.69 Å². The normalized spacial score (nSPS) is 20.8. The van der Waals surface area contributed by atoms with Crippen molar-refractivity contribution in [3.8, 4) is 6.07 Å². The number of hydrogen-bond donors (Lipinski definition) is 0. The second-order valence-corrected chi connectivity index (χ2v) is 5.13. The lowest BCUT2D eigenvalue weighted by atomic mass is 10.1. The second-order valence-electron chi connectivity index (χ2n) is 5.13. The number of hydrogen-bond acceptors (Lipinski definition) is 4. The number of likely N-dealkylation sites (N-methyl/N-ethyl adjacent to an activating group) is 1. The van der Waals surface area contributed by atoms with Crippen LogP contribution in [0.3, 0.4) is 0 Å². The predicted molar refractivity (Wildman–Crippen MR) is 72.7 cm³/mol. The van der Waals surface area contributed by atoms with Gasteiger partial charge in [-0.2, -0.15) is 5.26 Å². The molecule has 1 unspecified atom stereocenters. The SMILES string of the molecule is Cc1cc(N2CCN(C)C(C)C2)c(C#N)c(C)n1. The first-order valence-corrected chi connectivity index (χ1v) is 6.36. The Balaban J connectivity index is 2.36. The average molecular weight is 244 g/mol. The molecule has 0 N–H and O–H groups in total. The van der Waals surface area contributed by atoms with Gasteiger partial charge in [0.2, 0.25) is 0 Å². The van der Waals surface area contributed by atoms with Gasteiger partial charge in [-0.05, 0) is 33.9 Å². The van der Waals surface area contributed by atoms with Gasteiger partial charge in [0.15, 0.2) is 0 Å². The highest BCUT2D eigenvalue weighted by Gasteiger charge is 2.23. The molecule has 0 radical (unpaired) electrons. The van der Waals surface area contributed by atoms with E-state index in [2.05, 4.69) is 34.8 Å². The highest BCUT2D eigenvalue weighted by molar-refractivity contribution is 5.62. The van der Waals surface area contributed by atoms with Crippen molar-refractivity contribution in [2.24, 2.45) is 0 Å². The number of pyridine rings is 1. The molecule has 1 fully saturated rings. The molecule has 0 aliphatic carbocycles. The van der Waals surface area contributed by atoms with E-state index in [1.54, 1.807) is 0 Å². The maximum Gasteiger partial charge on any atom is 0.103 e. The van der Waals surface area contributed by atoms with Crippen molar-refractivity contribution in [2.75, 3.05) is 31.6 Å². The lowest BCUT2D eigenvalue weighted by Crippen LogP contribution is -2.50. The topological polar surface area (TPSA) is 43.2 Å². The Morgan fingerprint density at radius 3 is 2.72 bits per heavy atom. The molecule has 2 rings (SSSR count). The van der Waals surface area contributed by atoms with Gasteiger partial charge in [0.25, 0.3) is 0 Å². The predicted octanol–water partition coefficient (Wildman–Crippen LogP) is 1.71. The third-order valence-electron chi connectivity index (χ3n) is 3.72. The van der Waals surface area contributed by atoms with E-state index in [1.807, 2.05) is 19.9 Å².